The fourth-order valence-electron chi connectivity index (χ4n) is 1.38. The lowest BCUT2D eigenvalue weighted by atomic mass is 10.2. The van der Waals surface area contributed by atoms with Crippen LogP contribution in [0.4, 0.5) is 4.79 Å². The van der Waals surface area contributed by atoms with Gasteiger partial charge in [0.1, 0.15) is 6.04 Å². The number of nitrogens with zero attached hydrogens (tertiary/aromatic N) is 1. The summed E-state index contributed by atoms with van der Waals surface area (Å²) < 4.78 is 0. The molecule has 12 heavy (non-hydrogen) atoms. The van der Waals surface area contributed by atoms with E-state index >= 15 is 0 Å². The number of likely N-dealkylation sites (tertiary alicyclic amines) is 1. The van der Waals surface area contributed by atoms with Gasteiger partial charge in [-0.15, -0.1) is 0 Å². The van der Waals surface area contributed by atoms with E-state index in [0.29, 0.717) is 13.0 Å². The quantitative estimate of drug-likeness (QED) is 0.422. The minimum Gasteiger partial charge on any atom is -0.368 e. The predicted octanol–water partition coefficient (Wildman–Crippen LogP) is -2.05. The maximum atomic E-state index is 10.8. The van der Waals surface area contributed by atoms with Gasteiger partial charge in [0, 0.05) is 12.6 Å². The molecule has 2 atom stereocenters. The molecule has 0 spiro atoms. The number of nitrogens with two attached hydrogens (primary N) is 3. The third-order valence-corrected chi connectivity index (χ3v) is 1.94. The van der Waals surface area contributed by atoms with Gasteiger partial charge in [-0.25, -0.2) is 4.79 Å². The maximum absolute atomic E-state index is 10.8. The number of hydrogen-bond acceptors (Lipinski definition) is 3. The zero-order valence-corrected chi connectivity index (χ0v) is 6.56. The molecule has 0 unspecified atom stereocenters. The highest BCUT2D eigenvalue weighted by atomic mass is 16.2. The molecule has 68 valence electrons. The highest BCUT2D eigenvalue weighted by Crippen LogP contribution is 2.15. The molecule has 1 aliphatic rings. The molecule has 6 heteroatoms. The molecule has 0 aromatic heterocycles. The summed E-state index contributed by atoms with van der Waals surface area (Å²) in [6, 6.07) is -1.47. The monoisotopic (exact) mass is 172 g/mol. The van der Waals surface area contributed by atoms with Gasteiger partial charge >= 0.3 is 6.03 Å². The average Bonchev–Trinajstić information content (AvgIpc) is 2.31. The zero-order valence-electron chi connectivity index (χ0n) is 6.56. The Bertz CT molecular complexity index is 196. The van der Waals surface area contributed by atoms with Crippen molar-refractivity contribution in [3.05, 3.63) is 0 Å². The fourth-order valence-corrected chi connectivity index (χ4v) is 1.38. The summed E-state index contributed by atoms with van der Waals surface area (Å²) >= 11 is 0. The highest BCUT2D eigenvalue weighted by molar-refractivity contribution is 5.86. The minimum atomic E-state index is -0.647. The summed E-state index contributed by atoms with van der Waals surface area (Å²) in [5.74, 6) is -0.554. The van der Waals surface area contributed by atoms with E-state index in [0.717, 1.165) is 0 Å². The van der Waals surface area contributed by atoms with Gasteiger partial charge in [-0.1, -0.05) is 0 Å². The topological polar surface area (TPSA) is 115 Å². The fraction of sp³-hybridized carbons (Fsp3) is 0.667. The van der Waals surface area contributed by atoms with Crippen LogP contribution in [-0.2, 0) is 4.79 Å². The van der Waals surface area contributed by atoms with E-state index in [1.54, 1.807) is 0 Å². The molecular formula is C6H12N4O2. The largest absolute Gasteiger partial charge is 0.368 e. The number of urea groups is 1. The molecule has 6 nitrogen and oxygen atoms in total. The van der Waals surface area contributed by atoms with Gasteiger partial charge in [-0.05, 0) is 6.42 Å². The van der Waals surface area contributed by atoms with Gasteiger partial charge in [-0.2, -0.15) is 0 Å². The van der Waals surface area contributed by atoms with Gasteiger partial charge in [0.05, 0.1) is 0 Å². The highest BCUT2D eigenvalue weighted by Gasteiger charge is 2.35. The maximum Gasteiger partial charge on any atom is 0.315 e. The van der Waals surface area contributed by atoms with Gasteiger partial charge in [0.15, 0.2) is 0 Å². The molecular weight excluding hydrogens is 160 g/mol. The smallest absolute Gasteiger partial charge is 0.315 e. The number of hydrogen-bond donors (Lipinski definition) is 3. The average molecular weight is 172 g/mol. The van der Waals surface area contributed by atoms with Crippen LogP contribution in [0.5, 0.6) is 0 Å². The lowest BCUT2D eigenvalue weighted by Gasteiger charge is -2.18. The number of rotatable bonds is 1. The summed E-state index contributed by atoms with van der Waals surface area (Å²) in [4.78, 5) is 22.7. The lowest BCUT2D eigenvalue weighted by molar-refractivity contribution is -0.121. The molecule has 1 fully saturated rings. The predicted molar refractivity (Wildman–Crippen MR) is 41.9 cm³/mol. The second-order valence-corrected chi connectivity index (χ2v) is 2.90. The van der Waals surface area contributed by atoms with Crippen molar-refractivity contribution in [1.82, 2.24) is 4.90 Å². The van der Waals surface area contributed by atoms with Crippen molar-refractivity contribution in [2.45, 2.75) is 18.5 Å². The molecule has 0 aromatic rings. The Balaban J connectivity index is 2.72. The molecule has 1 rings (SSSR count). The molecule has 6 N–H and O–H groups in total. The van der Waals surface area contributed by atoms with Gasteiger partial charge < -0.3 is 22.1 Å². The molecule has 1 heterocycles. The van der Waals surface area contributed by atoms with Crippen LogP contribution in [0.25, 0.3) is 0 Å². The van der Waals surface area contributed by atoms with Crippen molar-refractivity contribution in [3.8, 4) is 0 Å². The molecule has 0 aliphatic carbocycles. The lowest BCUT2D eigenvalue weighted by Crippen LogP contribution is -2.46. The summed E-state index contributed by atoms with van der Waals surface area (Å²) in [6.07, 6.45) is 0.401. The third kappa shape index (κ3) is 1.48. The molecule has 0 radical (unpaired) electrons. The van der Waals surface area contributed by atoms with Crippen molar-refractivity contribution in [2.24, 2.45) is 17.2 Å². The van der Waals surface area contributed by atoms with Gasteiger partial charge in [-0.3, -0.25) is 4.79 Å². The minimum absolute atomic E-state index is 0.199. The second kappa shape index (κ2) is 2.98. The van der Waals surface area contributed by atoms with Crippen LogP contribution < -0.4 is 17.2 Å². The van der Waals surface area contributed by atoms with Crippen LogP contribution in [0, 0.1) is 0 Å². The molecule has 3 amide bonds. The second-order valence-electron chi connectivity index (χ2n) is 2.90. The van der Waals surface area contributed by atoms with E-state index in [1.165, 1.54) is 4.90 Å². The Hall–Kier alpha value is -1.30. The van der Waals surface area contributed by atoms with E-state index in [4.69, 9.17) is 17.2 Å². The van der Waals surface area contributed by atoms with E-state index in [1.807, 2.05) is 0 Å². The van der Waals surface area contributed by atoms with E-state index < -0.39 is 18.0 Å². The van der Waals surface area contributed by atoms with Crippen molar-refractivity contribution in [2.75, 3.05) is 6.54 Å². The van der Waals surface area contributed by atoms with Crippen LogP contribution in [0.15, 0.2) is 0 Å². The summed E-state index contributed by atoms with van der Waals surface area (Å²) in [6.45, 7) is 0.308. The Morgan fingerprint density at radius 2 is 1.92 bits per heavy atom. The standard InChI is InChI=1S/C6H12N4O2/c7-3-1-4(5(8)11)10(2-3)6(9)12/h3-4H,1-2,7H2,(H2,8,11)(H2,9,12)/t3-,4+/m0/s1. The number of primary amides is 2. The first-order valence-corrected chi connectivity index (χ1v) is 3.63. The number of carbonyl (C=O) groups is 2. The Labute approximate surface area is 69.7 Å². The molecule has 1 saturated heterocycles. The van der Waals surface area contributed by atoms with E-state index in [9.17, 15) is 9.59 Å². The third-order valence-electron chi connectivity index (χ3n) is 1.94. The van der Waals surface area contributed by atoms with Crippen LogP contribution in [0.1, 0.15) is 6.42 Å². The number of amides is 3. The Kier molecular flexibility index (Phi) is 2.18. The van der Waals surface area contributed by atoms with Crippen molar-refractivity contribution in [1.29, 1.82) is 0 Å². The molecule has 0 aromatic carbocycles. The van der Waals surface area contributed by atoms with Gasteiger partial charge in [0.2, 0.25) is 5.91 Å². The van der Waals surface area contributed by atoms with E-state index in [2.05, 4.69) is 0 Å². The Morgan fingerprint density at radius 3 is 2.25 bits per heavy atom. The number of carbonyl (C=O) groups excluding carboxylic acids is 2. The van der Waals surface area contributed by atoms with Crippen LogP contribution in [0.3, 0.4) is 0 Å². The first-order valence-electron chi connectivity index (χ1n) is 3.63. The van der Waals surface area contributed by atoms with Crippen molar-refractivity contribution < 1.29 is 9.59 Å². The first-order chi connectivity index (χ1) is 5.52. The summed E-state index contributed by atoms with van der Waals surface area (Å²) in [5.41, 5.74) is 15.6. The molecule has 0 saturated carbocycles. The SMILES string of the molecule is NC(=O)[C@H]1C[C@H](N)CN1C(N)=O. The van der Waals surface area contributed by atoms with Crippen molar-refractivity contribution in [3.63, 3.8) is 0 Å². The molecule has 1 aliphatic heterocycles. The van der Waals surface area contributed by atoms with Crippen LogP contribution in [0.2, 0.25) is 0 Å². The summed E-state index contributed by atoms with van der Waals surface area (Å²) in [5, 5.41) is 0. The van der Waals surface area contributed by atoms with E-state index in [-0.39, 0.29) is 6.04 Å². The summed E-state index contributed by atoms with van der Waals surface area (Å²) in [7, 11) is 0. The molecule has 0 bridgehead atoms. The Morgan fingerprint density at radius 1 is 1.33 bits per heavy atom. The van der Waals surface area contributed by atoms with Crippen molar-refractivity contribution >= 4 is 11.9 Å². The normalized spacial score (nSPS) is 28.9. The van der Waals surface area contributed by atoms with Crippen LogP contribution in [-0.4, -0.2) is 35.5 Å². The van der Waals surface area contributed by atoms with Crippen LogP contribution >= 0.6 is 0 Å². The van der Waals surface area contributed by atoms with Gasteiger partial charge in [0.25, 0.3) is 0 Å². The zero-order chi connectivity index (χ0) is 9.30. The first kappa shape index (κ1) is 8.79.